The Morgan fingerprint density at radius 3 is 1.27 bits per heavy atom. The summed E-state index contributed by atoms with van der Waals surface area (Å²) in [6, 6.07) is -26.5. The van der Waals surface area contributed by atoms with E-state index in [-0.39, 0.29) is 0 Å². The molecule has 0 saturated heterocycles. The van der Waals surface area contributed by atoms with Crippen LogP contribution in [0.15, 0.2) is 174 Å². The molecule has 0 aliphatic carbocycles. The van der Waals surface area contributed by atoms with Crippen molar-refractivity contribution >= 4 is 43.5 Å². The third-order valence-electron chi connectivity index (χ3n) is 7.11. The topological polar surface area (TPSA) is 13.1 Å². The van der Waals surface area contributed by atoms with E-state index in [4.69, 9.17) is 31.8 Å². The number of para-hydroxylation sites is 2. The van der Waals surface area contributed by atoms with Crippen LogP contribution in [0, 0.1) is 0 Å². The van der Waals surface area contributed by atoms with Gasteiger partial charge in [-0.05, 0) is 49.4 Å². The van der Waals surface area contributed by atoms with Crippen molar-refractivity contribution in [2.24, 2.45) is 0 Å². The molecule has 0 saturated carbocycles. The molecule has 45 heavy (non-hydrogen) atoms. The first-order valence-corrected chi connectivity index (χ1v) is 13.2. The summed E-state index contributed by atoms with van der Waals surface area (Å²) >= 11 is 0. The van der Waals surface area contributed by atoms with Crippen LogP contribution >= 0.6 is 0 Å². The van der Waals surface area contributed by atoms with Crippen LogP contribution in [0.25, 0.3) is 88.0 Å². The lowest BCUT2D eigenvalue weighted by molar-refractivity contribution is 0.671. The molecular weight excluding hydrogens is 544 g/mol. The second-order valence-corrected chi connectivity index (χ2v) is 9.51. The van der Waals surface area contributed by atoms with Crippen LogP contribution < -0.4 is 0 Å². The minimum atomic E-state index is -1.02. The lowest BCUT2D eigenvalue weighted by Crippen LogP contribution is -1.90. The van der Waals surface area contributed by atoms with Gasteiger partial charge in [-0.1, -0.05) is 169 Å². The molecule has 0 unspecified atom stereocenters. The molecule has 0 spiro atoms. The molecule has 0 bridgehead atoms. The number of hydrogen-bond acceptors (Lipinski definition) is 1. The third kappa shape index (κ3) is 4.09. The van der Waals surface area contributed by atoms with E-state index in [1.807, 2.05) is 0 Å². The normalized spacial score (nSPS) is 20.3. The zero-order valence-corrected chi connectivity index (χ0v) is 22.4. The summed E-state index contributed by atoms with van der Waals surface area (Å²) in [6.45, 7) is 0. The number of fused-ring (bicyclic) bond motifs is 5. The molecule has 1 nitrogen and oxygen atoms in total. The first-order valence-electron chi connectivity index (χ1n) is 27.2. The van der Waals surface area contributed by atoms with Gasteiger partial charge in [0.2, 0.25) is 0 Å². The molecule has 0 atom stereocenters. The van der Waals surface area contributed by atoms with Gasteiger partial charge in [-0.2, -0.15) is 0 Å². The fourth-order valence-corrected chi connectivity index (χ4v) is 5.24. The predicted molar refractivity (Wildman–Crippen MR) is 190 cm³/mol. The van der Waals surface area contributed by atoms with E-state index in [2.05, 4.69) is 0 Å². The molecule has 1 aromatic heterocycles. The highest BCUT2D eigenvalue weighted by atomic mass is 16.3. The molecule has 1 heterocycles. The van der Waals surface area contributed by atoms with Crippen molar-refractivity contribution in [3.8, 4) is 44.5 Å². The van der Waals surface area contributed by atoms with Gasteiger partial charge in [-0.25, -0.2) is 0 Å². The first-order chi connectivity index (χ1) is 34.0. The summed E-state index contributed by atoms with van der Waals surface area (Å²) in [7, 11) is 0. The molecule has 0 fully saturated rings. The van der Waals surface area contributed by atoms with Crippen LogP contribution in [0.4, 0.5) is 0 Å². The minimum absolute atomic E-state index is 0.606. The van der Waals surface area contributed by atoms with Gasteiger partial charge in [-0.3, -0.25) is 0 Å². The Kier molecular flexibility index (Phi) is 2.32. The van der Waals surface area contributed by atoms with E-state index < -0.39 is 257 Å². The van der Waals surface area contributed by atoms with Crippen molar-refractivity contribution in [2.45, 2.75) is 0 Å². The molecule has 1 heteroatoms. The second-order valence-electron chi connectivity index (χ2n) is 9.51. The molecule has 0 radical (unpaired) electrons. The van der Waals surface area contributed by atoms with E-state index >= 15 is 0 Å². The van der Waals surface area contributed by atoms with Gasteiger partial charge in [0.1, 0.15) is 11.2 Å². The number of furan rings is 1. The van der Waals surface area contributed by atoms with Crippen molar-refractivity contribution in [2.75, 3.05) is 0 Å². The maximum atomic E-state index is 9.47. The third-order valence-corrected chi connectivity index (χ3v) is 7.11. The Morgan fingerprint density at radius 2 is 0.689 bits per heavy atom. The first kappa shape index (κ1) is 10.1. The number of rotatable bonds is 4. The SMILES string of the molecule is [2H]c1c([2H])c([2H])c(-c2c([2H])c([2H])c(-c3c([2H])c([2H])c([2H])c4c3oc3c(-c5c6c([2H])c([2H])c([2H])c([2H])c6c(-c6c([2H])c([2H])c([2H])c([2H])c6[2H])c6c([2H])c([2H])c([2H])c([2H])c56)c([2H])c([2H])c([2H])c34)c([2H])c2[2H])c([2H])c1[2H]. The Hall–Kier alpha value is -5.92. The Labute approximate surface area is 301 Å². The predicted octanol–water partition coefficient (Wildman–Crippen LogP) is 12.6. The van der Waals surface area contributed by atoms with Gasteiger partial charge in [0.25, 0.3) is 0 Å². The Balaban J connectivity index is 1.56. The molecule has 8 aromatic carbocycles. The average Bonchev–Trinajstić information content (AvgIpc) is 3.75. The quantitative estimate of drug-likeness (QED) is 0.183. The maximum absolute atomic E-state index is 9.47. The summed E-state index contributed by atoms with van der Waals surface area (Å²) in [5.74, 6) is 0. The Bertz CT molecular complexity index is 3950. The maximum Gasteiger partial charge on any atom is 0.143 e. The van der Waals surface area contributed by atoms with E-state index in [1.165, 1.54) is 0 Å². The highest BCUT2D eigenvalue weighted by Gasteiger charge is 2.21. The van der Waals surface area contributed by atoms with Gasteiger partial charge in [0, 0.05) is 27.5 Å². The highest BCUT2D eigenvalue weighted by Crippen LogP contribution is 2.47. The van der Waals surface area contributed by atoms with Crippen LogP contribution in [-0.4, -0.2) is 0 Å². The molecular formula is C44H28O. The van der Waals surface area contributed by atoms with Crippen LogP contribution in [0.1, 0.15) is 38.4 Å². The van der Waals surface area contributed by atoms with E-state index in [0.29, 0.717) is 0 Å². The lowest BCUT2D eigenvalue weighted by atomic mass is 9.85. The number of hydrogen-bond donors (Lipinski definition) is 0. The lowest BCUT2D eigenvalue weighted by Gasteiger charge is -2.17. The smallest absolute Gasteiger partial charge is 0.143 e. The molecule has 0 aliphatic heterocycles. The standard InChI is InChI=1S/C44H28O/c1-3-13-29(14-4-1)30-25-27-31(28-26-30)33-21-11-22-38-39-23-12-24-40(44(39)45-43(33)38)42-36-19-9-7-17-34(36)41(32-15-5-2-6-16-32)35-18-8-10-20-37(35)42/h1-28H/i1D,2D,3D,4D,5D,6D,7D,8D,9D,10D,11D,12D,13D,14D,15D,16D,17D,18D,19D,20D,21D,22D,23D,24D,25D,26D,27D,28D. The van der Waals surface area contributed by atoms with Crippen LogP contribution in [0.2, 0.25) is 0 Å². The summed E-state index contributed by atoms with van der Waals surface area (Å²) in [5.41, 5.74) is -7.42. The van der Waals surface area contributed by atoms with Crippen LogP contribution in [-0.2, 0) is 0 Å². The van der Waals surface area contributed by atoms with Gasteiger partial charge in [0.15, 0.2) is 0 Å². The minimum Gasteiger partial charge on any atom is -0.455 e. The molecule has 9 aromatic rings. The summed E-state index contributed by atoms with van der Waals surface area (Å²) in [4.78, 5) is 0. The average molecular weight is 601 g/mol. The van der Waals surface area contributed by atoms with E-state index in [1.54, 1.807) is 0 Å². The summed E-state index contributed by atoms with van der Waals surface area (Å²) < 4.78 is 255. The van der Waals surface area contributed by atoms with Gasteiger partial charge < -0.3 is 4.42 Å². The van der Waals surface area contributed by atoms with Gasteiger partial charge in [0.05, 0.1) is 38.4 Å². The fraction of sp³-hybridized carbons (Fsp3) is 0. The second kappa shape index (κ2) is 10.4. The highest BCUT2D eigenvalue weighted by molar-refractivity contribution is 6.24. The van der Waals surface area contributed by atoms with Crippen molar-refractivity contribution in [3.05, 3.63) is 169 Å². The molecule has 0 N–H and O–H groups in total. The van der Waals surface area contributed by atoms with Crippen molar-refractivity contribution in [1.82, 2.24) is 0 Å². The van der Waals surface area contributed by atoms with Crippen molar-refractivity contribution in [3.63, 3.8) is 0 Å². The summed E-state index contributed by atoms with van der Waals surface area (Å²) in [6.07, 6.45) is 0. The Morgan fingerprint density at radius 1 is 0.289 bits per heavy atom. The van der Waals surface area contributed by atoms with E-state index in [0.717, 1.165) is 0 Å². The van der Waals surface area contributed by atoms with Crippen LogP contribution in [0.3, 0.4) is 0 Å². The van der Waals surface area contributed by atoms with Gasteiger partial charge in [-0.15, -0.1) is 0 Å². The molecule has 0 amide bonds. The molecule has 9 rings (SSSR count). The molecule has 210 valence electrons. The zero-order valence-electron chi connectivity index (χ0n) is 50.4. The van der Waals surface area contributed by atoms with E-state index in [9.17, 15) is 11.0 Å². The monoisotopic (exact) mass is 600 g/mol. The largest absolute Gasteiger partial charge is 0.455 e. The number of benzene rings is 8. The van der Waals surface area contributed by atoms with Gasteiger partial charge >= 0.3 is 0 Å². The van der Waals surface area contributed by atoms with Crippen LogP contribution in [0.5, 0.6) is 0 Å². The fourth-order valence-electron chi connectivity index (χ4n) is 5.24. The van der Waals surface area contributed by atoms with Crippen molar-refractivity contribution in [1.29, 1.82) is 0 Å². The van der Waals surface area contributed by atoms with Crippen molar-refractivity contribution < 1.29 is 42.8 Å². The zero-order chi connectivity index (χ0) is 54.1. The molecule has 0 aliphatic rings. The summed E-state index contributed by atoms with van der Waals surface area (Å²) in [5, 5.41) is -4.05.